The van der Waals surface area contributed by atoms with E-state index >= 15 is 0 Å². The second-order valence-electron chi connectivity index (χ2n) is 7.00. The summed E-state index contributed by atoms with van der Waals surface area (Å²) in [5.41, 5.74) is 3.16. The molecule has 0 spiro atoms. The van der Waals surface area contributed by atoms with E-state index < -0.39 is 11.6 Å². The minimum Gasteiger partial charge on any atom is -0.352 e. The van der Waals surface area contributed by atoms with Gasteiger partial charge in [-0.2, -0.15) is 0 Å². The molecule has 0 atom stereocenters. The third kappa shape index (κ3) is 3.94. The van der Waals surface area contributed by atoms with Crippen molar-refractivity contribution in [2.75, 3.05) is 31.1 Å². The molecule has 3 aromatic rings. The lowest BCUT2D eigenvalue weighted by atomic mass is 10.1. The Labute approximate surface area is 167 Å². The molecule has 2 aromatic carbocycles. The summed E-state index contributed by atoms with van der Waals surface area (Å²) >= 11 is 0. The molecule has 5 nitrogen and oxygen atoms in total. The molecule has 0 saturated carbocycles. The van der Waals surface area contributed by atoms with Crippen molar-refractivity contribution in [2.24, 2.45) is 0 Å². The van der Waals surface area contributed by atoms with Gasteiger partial charge in [-0.05, 0) is 42.8 Å². The summed E-state index contributed by atoms with van der Waals surface area (Å²) < 4.78 is 26.5. The number of halogens is 2. The Hall–Kier alpha value is -3.35. The fourth-order valence-corrected chi connectivity index (χ4v) is 3.45. The highest BCUT2D eigenvalue weighted by molar-refractivity contribution is 5.94. The van der Waals surface area contributed by atoms with E-state index in [1.807, 2.05) is 43.3 Å². The summed E-state index contributed by atoms with van der Waals surface area (Å²) in [4.78, 5) is 16.2. The monoisotopic (exact) mass is 394 g/mol. The molecule has 1 aliphatic rings. The van der Waals surface area contributed by atoms with Gasteiger partial charge in [0.1, 0.15) is 0 Å². The van der Waals surface area contributed by atoms with E-state index in [0.717, 1.165) is 34.8 Å². The Morgan fingerprint density at radius 3 is 2.31 bits per heavy atom. The minimum atomic E-state index is -1.02. The first-order valence-electron chi connectivity index (χ1n) is 9.42. The summed E-state index contributed by atoms with van der Waals surface area (Å²) in [6.45, 7) is 4.16. The van der Waals surface area contributed by atoms with E-state index in [9.17, 15) is 13.6 Å². The number of benzene rings is 2. The maximum absolute atomic E-state index is 13.4. The topological polar surface area (TPSA) is 49.3 Å². The van der Waals surface area contributed by atoms with Crippen molar-refractivity contribution >= 4 is 11.7 Å². The Morgan fingerprint density at radius 1 is 0.897 bits per heavy atom. The average Bonchev–Trinajstić information content (AvgIpc) is 2.76. The lowest BCUT2D eigenvalue weighted by Gasteiger charge is -2.35. The summed E-state index contributed by atoms with van der Waals surface area (Å²) in [5, 5.41) is 8.71. The first-order chi connectivity index (χ1) is 14.0. The van der Waals surface area contributed by atoms with Crippen LogP contribution in [0.3, 0.4) is 0 Å². The number of hydrogen-bond donors (Lipinski definition) is 0. The van der Waals surface area contributed by atoms with Gasteiger partial charge in [0.2, 0.25) is 0 Å². The molecule has 0 aliphatic carbocycles. The molecule has 0 bridgehead atoms. The van der Waals surface area contributed by atoms with E-state index in [-0.39, 0.29) is 11.5 Å². The summed E-state index contributed by atoms with van der Waals surface area (Å²) in [5.74, 6) is -1.52. The van der Waals surface area contributed by atoms with Crippen LogP contribution in [0.4, 0.5) is 14.6 Å². The van der Waals surface area contributed by atoms with Crippen LogP contribution in [0.1, 0.15) is 15.9 Å². The van der Waals surface area contributed by atoms with Crippen LogP contribution in [-0.2, 0) is 0 Å². The standard InChI is InChI=1S/C22H20F2N4O/c1-15-4-2-3-5-17(15)20-8-9-21(26-25-20)27-10-12-28(13-11-27)22(29)16-6-7-18(23)19(24)14-16/h2-9,14H,10-13H2,1H3. The molecule has 7 heteroatoms. The number of nitrogens with zero attached hydrogens (tertiary/aromatic N) is 4. The van der Waals surface area contributed by atoms with Crippen LogP contribution in [0.25, 0.3) is 11.3 Å². The highest BCUT2D eigenvalue weighted by Gasteiger charge is 2.23. The van der Waals surface area contributed by atoms with Crippen molar-refractivity contribution < 1.29 is 13.6 Å². The normalized spacial score (nSPS) is 14.2. The number of aromatic nitrogens is 2. The van der Waals surface area contributed by atoms with E-state index in [2.05, 4.69) is 15.1 Å². The van der Waals surface area contributed by atoms with Gasteiger partial charge in [-0.3, -0.25) is 4.79 Å². The number of amides is 1. The van der Waals surface area contributed by atoms with Gasteiger partial charge < -0.3 is 9.80 Å². The fourth-order valence-electron chi connectivity index (χ4n) is 3.45. The molecule has 1 amide bonds. The zero-order valence-corrected chi connectivity index (χ0v) is 16.0. The van der Waals surface area contributed by atoms with Crippen LogP contribution in [0.5, 0.6) is 0 Å². The molecule has 1 saturated heterocycles. The van der Waals surface area contributed by atoms with Gasteiger partial charge >= 0.3 is 0 Å². The number of hydrogen-bond acceptors (Lipinski definition) is 4. The van der Waals surface area contributed by atoms with Crippen LogP contribution in [0, 0.1) is 18.6 Å². The lowest BCUT2D eigenvalue weighted by molar-refractivity contribution is 0.0746. The van der Waals surface area contributed by atoms with Gasteiger partial charge in [0.05, 0.1) is 5.69 Å². The number of carbonyl (C=O) groups excluding carboxylic acids is 1. The smallest absolute Gasteiger partial charge is 0.254 e. The van der Waals surface area contributed by atoms with Crippen molar-refractivity contribution in [3.8, 4) is 11.3 Å². The van der Waals surface area contributed by atoms with Gasteiger partial charge in [-0.25, -0.2) is 8.78 Å². The van der Waals surface area contributed by atoms with E-state index in [0.29, 0.717) is 26.2 Å². The van der Waals surface area contributed by atoms with E-state index in [4.69, 9.17) is 0 Å². The average molecular weight is 394 g/mol. The molecule has 0 radical (unpaired) electrons. The number of aryl methyl sites for hydroxylation is 1. The summed E-state index contributed by atoms with van der Waals surface area (Å²) in [7, 11) is 0. The minimum absolute atomic E-state index is 0.153. The van der Waals surface area contributed by atoms with Gasteiger partial charge in [0.25, 0.3) is 5.91 Å². The molecule has 148 valence electrons. The van der Waals surface area contributed by atoms with Crippen LogP contribution >= 0.6 is 0 Å². The van der Waals surface area contributed by atoms with Gasteiger partial charge in [-0.1, -0.05) is 24.3 Å². The zero-order valence-electron chi connectivity index (χ0n) is 16.0. The number of piperazine rings is 1. The van der Waals surface area contributed by atoms with Gasteiger partial charge in [0, 0.05) is 37.3 Å². The van der Waals surface area contributed by atoms with Crippen LogP contribution in [0.2, 0.25) is 0 Å². The van der Waals surface area contributed by atoms with E-state index in [1.54, 1.807) is 4.90 Å². The number of rotatable bonds is 3. The Balaban J connectivity index is 1.41. The molecular formula is C22H20F2N4O. The number of anilines is 1. The maximum Gasteiger partial charge on any atom is 0.254 e. The molecule has 29 heavy (non-hydrogen) atoms. The van der Waals surface area contributed by atoms with Crippen molar-refractivity contribution in [3.05, 3.63) is 77.4 Å². The molecule has 1 aliphatic heterocycles. The highest BCUT2D eigenvalue weighted by Crippen LogP contribution is 2.22. The molecule has 0 unspecified atom stereocenters. The van der Waals surface area contributed by atoms with Crippen molar-refractivity contribution in [3.63, 3.8) is 0 Å². The van der Waals surface area contributed by atoms with Crippen LogP contribution in [-0.4, -0.2) is 47.2 Å². The largest absolute Gasteiger partial charge is 0.352 e. The summed E-state index contributed by atoms with van der Waals surface area (Å²) in [6, 6.07) is 15.1. The zero-order chi connectivity index (χ0) is 20.4. The third-order valence-electron chi connectivity index (χ3n) is 5.13. The second-order valence-corrected chi connectivity index (χ2v) is 7.00. The second kappa shape index (κ2) is 7.95. The van der Waals surface area contributed by atoms with Gasteiger partial charge in [0.15, 0.2) is 17.5 Å². The maximum atomic E-state index is 13.4. The first kappa shape index (κ1) is 19.0. The molecule has 4 rings (SSSR count). The third-order valence-corrected chi connectivity index (χ3v) is 5.13. The SMILES string of the molecule is Cc1ccccc1-c1ccc(N2CCN(C(=O)c3ccc(F)c(F)c3)CC2)nn1. The Bertz CT molecular complexity index is 1030. The predicted octanol–water partition coefficient (Wildman–Crippen LogP) is 3.69. The van der Waals surface area contributed by atoms with Crippen molar-refractivity contribution in [2.45, 2.75) is 6.92 Å². The quantitative estimate of drug-likeness (QED) is 0.680. The molecular weight excluding hydrogens is 374 g/mol. The predicted molar refractivity (Wildman–Crippen MR) is 107 cm³/mol. The van der Waals surface area contributed by atoms with Crippen molar-refractivity contribution in [1.29, 1.82) is 0 Å². The van der Waals surface area contributed by atoms with Crippen LogP contribution in [0.15, 0.2) is 54.6 Å². The Morgan fingerprint density at radius 2 is 1.66 bits per heavy atom. The molecule has 2 heterocycles. The highest BCUT2D eigenvalue weighted by atomic mass is 19.2. The first-order valence-corrected chi connectivity index (χ1v) is 9.42. The van der Waals surface area contributed by atoms with Crippen LogP contribution < -0.4 is 4.90 Å². The molecule has 0 N–H and O–H groups in total. The van der Waals surface area contributed by atoms with Crippen molar-refractivity contribution in [1.82, 2.24) is 15.1 Å². The van der Waals surface area contributed by atoms with E-state index in [1.165, 1.54) is 6.07 Å². The molecule has 1 fully saturated rings. The summed E-state index contributed by atoms with van der Waals surface area (Å²) in [6.07, 6.45) is 0. The van der Waals surface area contributed by atoms with Gasteiger partial charge in [-0.15, -0.1) is 10.2 Å². The molecule has 1 aromatic heterocycles. The fraction of sp³-hybridized carbons (Fsp3) is 0.227. The Kier molecular flexibility index (Phi) is 5.20. The lowest BCUT2D eigenvalue weighted by Crippen LogP contribution is -2.49. The number of carbonyl (C=O) groups is 1.